The molecule has 0 saturated carbocycles. The van der Waals surface area contributed by atoms with Gasteiger partial charge in [-0.1, -0.05) is 6.07 Å². The maximum Gasteiger partial charge on any atom is 0.358 e. The number of hydrogen-bond acceptors (Lipinski definition) is 4. The van der Waals surface area contributed by atoms with E-state index in [1.807, 2.05) is 0 Å². The average Bonchev–Trinajstić information content (AvgIpc) is 2.28. The topological polar surface area (TPSA) is 75.8 Å². The molecule has 1 rings (SSSR count). The third-order valence-electron chi connectivity index (χ3n) is 2.03. The summed E-state index contributed by atoms with van der Waals surface area (Å²) in [6.45, 7) is 0. The monoisotopic (exact) mass is 226 g/mol. The summed E-state index contributed by atoms with van der Waals surface area (Å²) < 4.78 is 9.36. The fourth-order valence-electron chi connectivity index (χ4n) is 1.23. The van der Waals surface area contributed by atoms with Gasteiger partial charge < -0.3 is 9.47 Å². The van der Waals surface area contributed by atoms with Gasteiger partial charge in [0.25, 0.3) is 4.92 Å². The molecular formula is C10H12NO5+. The molecule has 0 heterocycles. The van der Waals surface area contributed by atoms with Gasteiger partial charge in [0.15, 0.2) is 0 Å². The second-order valence-electron chi connectivity index (χ2n) is 3.03. The molecule has 1 N–H and O–H groups in total. The summed E-state index contributed by atoms with van der Waals surface area (Å²) in [6, 6.07) is 4.47. The molecule has 0 fully saturated rings. The molecule has 0 spiro atoms. The van der Waals surface area contributed by atoms with Gasteiger partial charge in [-0.15, -0.1) is 0 Å². The molecule has 0 aliphatic carbocycles. The minimum Gasteiger partial charge on any atom is -0.490 e. The van der Waals surface area contributed by atoms with Crippen molar-refractivity contribution in [2.45, 2.75) is 6.42 Å². The molecule has 16 heavy (non-hydrogen) atoms. The number of rotatable bonds is 4. The van der Waals surface area contributed by atoms with Crippen LogP contribution in [0.3, 0.4) is 0 Å². The summed E-state index contributed by atoms with van der Waals surface area (Å²) in [4.78, 5) is 21.5. The van der Waals surface area contributed by atoms with Crippen molar-refractivity contribution in [2.75, 3.05) is 14.2 Å². The first-order chi connectivity index (χ1) is 7.58. The summed E-state index contributed by atoms with van der Waals surface area (Å²) in [5.41, 5.74) is 0.501. The Balaban J connectivity index is 3.02. The number of nitrogens with zero attached hydrogens (tertiary/aromatic N) is 1. The van der Waals surface area contributed by atoms with Crippen LogP contribution in [-0.2, 0) is 16.0 Å². The van der Waals surface area contributed by atoms with Gasteiger partial charge >= 0.3 is 11.7 Å². The highest BCUT2D eigenvalue weighted by atomic mass is 16.6. The van der Waals surface area contributed by atoms with E-state index in [-0.39, 0.29) is 22.8 Å². The smallest absolute Gasteiger partial charge is 0.358 e. The normalized spacial score (nSPS) is 9.62. The van der Waals surface area contributed by atoms with E-state index < -0.39 is 5.97 Å². The first kappa shape index (κ1) is 12.0. The Labute approximate surface area is 91.9 Å². The van der Waals surface area contributed by atoms with Crippen molar-refractivity contribution >= 4 is 11.7 Å². The lowest BCUT2D eigenvalue weighted by Gasteiger charge is -2.02. The maximum atomic E-state index is 11.0. The van der Waals surface area contributed by atoms with Crippen LogP contribution in [0.5, 0.6) is 5.75 Å². The second-order valence-corrected chi connectivity index (χ2v) is 3.03. The van der Waals surface area contributed by atoms with Crippen LogP contribution in [-0.4, -0.2) is 30.3 Å². The highest BCUT2D eigenvalue weighted by Crippen LogP contribution is 2.27. The van der Waals surface area contributed by atoms with Gasteiger partial charge in [-0.25, -0.2) is 5.21 Å². The Morgan fingerprint density at radius 2 is 2.12 bits per heavy atom. The molecular weight excluding hydrogens is 214 g/mol. The zero-order valence-electron chi connectivity index (χ0n) is 8.97. The number of esters is 1. The van der Waals surface area contributed by atoms with Crippen molar-refractivity contribution in [1.29, 1.82) is 0 Å². The van der Waals surface area contributed by atoms with Gasteiger partial charge in [0.1, 0.15) is 0 Å². The van der Waals surface area contributed by atoms with Crippen molar-refractivity contribution in [1.82, 2.24) is 0 Å². The van der Waals surface area contributed by atoms with E-state index in [4.69, 9.17) is 9.94 Å². The molecule has 0 aliphatic rings. The van der Waals surface area contributed by atoms with E-state index in [1.54, 1.807) is 6.07 Å². The maximum absolute atomic E-state index is 11.0. The number of carbonyl (C=O) groups excluding carboxylic acids is 1. The van der Waals surface area contributed by atoms with Crippen molar-refractivity contribution in [3.05, 3.63) is 28.7 Å². The third-order valence-corrected chi connectivity index (χ3v) is 2.03. The molecule has 0 radical (unpaired) electrons. The number of ether oxygens (including phenoxy) is 2. The lowest BCUT2D eigenvalue weighted by Crippen LogP contribution is -2.05. The minimum absolute atomic E-state index is 0.0291. The number of hydrogen-bond donors (Lipinski definition) is 1. The van der Waals surface area contributed by atoms with Crippen molar-refractivity contribution in [3.8, 4) is 5.75 Å². The van der Waals surface area contributed by atoms with Crippen LogP contribution >= 0.6 is 0 Å². The Morgan fingerprint density at radius 1 is 1.44 bits per heavy atom. The largest absolute Gasteiger partial charge is 0.490 e. The van der Waals surface area contributed by atoms with Crippen LogP contribution in [0.4, 0.5) is 5.69 Å². The van der Waals surface area contributed by atoms with E-state index in [1.165, 1.54) is 26.4 Å². The van der Waals surface area contributed by atoms with E-state index in [0.717, 1.165) is 0 Å². The second kappa shape index (κ2) is 5.11. The predicted octanol–water partition coefficient (Wildman–Crippen LogP) is 1.21. The van der Waals surface area contributed by atoms with E-state index in [0.29, 0.717) is 5.56 Å². The Hall–Kier alpha value is -2.11. The summed E-state index contributed by atoms with van der Waals surface area (Å²) in [5, 5.41) is 8.83. The van der Waals surface area contributed by atoms with E-state index >= 15 is 0 Å². The van der Waals surface area contributed by atoms with Crippen molar-refractivity contribution < 1.29 is 24.4 Å². The molecule has 6 nitrogen and oxygen atoms in total. The number of carbonyl (C=O) groups is 1. The molecule has 0 unspecified atom stereocenters. The number of methoxy groups -OCH3 is 2. The van der Waals surface area contributed by atoms with Crippen molar-refractivity contribution in [2.24, 2.45) is 0 Å². The molecule has 0 amide bonds. The van der Waals surface area contributed by atoms with Gasteiger partial charge in [-0.05, 0) is 11.6 Å². The fraction of sp³-hybridized carbons (Fsp3) is 0.300. The molecule has 6 heteroatoms. The quantitative estimate of drug-likeness (QED) is 0.616. The molecule has 0 aromatic heterocycles. The first-order valence-corrected chi connectivity index (χ1v) is 4.48. The molecule has 0 bridgehead atoms. The molecule has 0 aliphatic heterocycles. The van der Waals surface area contributed by atoms with Gasteiger partial charge in [0.05, 0.1) is 25.5 Å². The van der Waals surface area contributed by atoms with Gasteiger partial charge in [-0.2, -0.15) is 0 Å². The molecule has 0 saturated heterocycles. The SMILES string of the molecule is COC(=O)Cc1ccc(OC)c([N+](=O)O)c1. The van der Waals surface area contributed by atoms with E-state index in [9.17, 15) is 9.70 Å². The van der Waals surface area contributed by atoms with Crippen LogP contribution < -0.4 is 4.74 Å². The lowest BCUT2D eigenvalue weighted by atomic mass is 10.1. The van der Waals surface area contributed by atoms with Crippen LogP contribution in [0.2, 0.25) is 0 Å². The molecule has 0 atom stereocenters. The highest BCUT2D eigenvalue weighted by molar-refractivity contribution is 5.73. The summed E-state index contributed by atoms with van der Waals surface area (Å²) >= 11 is 0. The van der Waals surface area contributed by atoms with Crippen LogP contribution in [0.25, 0.3) is 0 Å². The van der Waals surface area contributed by atoms with Gasteiger partial charge in [0, 0.05) is 6.07 Å². The third kappa shape index (κ3) is 2.69. The standard InChI is InChI=1S/C10H12NO5/c1-15-9-4-3-7(6-10(12)16-2)5-8(9)11(13)14/h3-5H,6H2,1-2H3,(H,13,14)/q+1. The Morgan fingerprint density at radius 3 is 2.62 bits per heavy atom. The van der Waals surface area contributed by atoms with Crippen LogP contribution in [0, 0.1) is 4.91 Å². The molecule has 1 aromatic rings. The number of benzene rings is 1. The molecule has 86 valence electrons. The lowest BCUT2D eigenvalue weighted by molar-refractivity contribution is -0.730. The van der Waals surface area contributed by atoms with Crippen LogP contribution in [0.1, 0.15) is 5.56 Å². The fourth-order valence-corrected chi connectivity index (χ4v) is 1.23. The Kier molecular flexibility index (Phi) is 3.82. The summed E-state index contributed by atoms with van der Waals surface area (Å²) in [7, 11) is 2.65. The van der Waals surface area contributed by atoms with Gasteiger partial charge in [0.2, 0.25) is 5.75 Å². The zero-order valence-corrected chi connectivity index (χ0v) is 8.97. The zero-order chi connectivity index (χ0) is 12.1. The summed E-state index contributed by atoms with van der Waals surface area (Å²) in [5.74, 6) is -0.197. The predicted molar refractivity (Wildman–Crippen MR) is 53.8 cm³/mol. The Bertz CT molecular complexity index is 416. The summed E-state index contributed by atoms with van der Waals surface area (Å²) in [6.07, 6.45) is 0.0291. The van der Waals surface area contributed by atoms with Gasteiger partial charge in [-0.3, -0.25) is 4.79 Å². The highest BCUT2D eigenvalue weighted by Gasteiger charge is 2.20. The first-order valence-electron chi connectivity index (χ1n) is 4.48. The van der Waals surface area contributed by atoms with Crippen molar-refractivity contribution in [3.63, 3.8) is 0 Å². The van der Waals surface area contributed by atoms with Crippen LogP contribution in [0.15, 0.2) is 18.2 Å². The minimum atomic E-state index is -0.425. The average molecular weight is 226 g/mol. The van der Waals surface area contributed by atoms with E-state index in [2.05, 4.69) is 4.74 Å². The molecule has 1 aromatic carbocycles.